The molecule has 4 heteroatoms. The van der Waals surface area contributed by atoms with Gasteiger partial charge in [-0.25, -0.2) is 0 Å². The third-order valence-electron chi connectivity index (χ3n) is 4.22. The molecule has 0 heterocycles. The molecule has 2 aromatic carbocycles. The summed E-state index contributed by atoms with van der Waals surface area (Å²) in [7, 11) is 1.80. The van der Waals surface area contributed by atoms with E-state index < -0.39 is 0 Å². The van der Waals surface area contributed by atoms with E-state index in [0.717, 1.165) is 28.6 Å². The quantitative estimate of drug-likeness (QED) is 0.793. The number of fused-ring (bicyclic) bond motifs is 1. The number of hydrogen-bond acceptors (Lipinski definition) is 2. The van der Waals surface area contributed by atoms with Crippen molar-refractivity contribution in [2.45, 2.75) is 25.8 Å². The second-order valence-electron chi connectivity index (χ2n) is 5.91. The molecule has 0 bridgehead atoms. The number of benzene rings is 2. The summed E-state index contributed by atoms with van der Waals surface area (Å²) in [6, 6.07) is 14.1. The topological polar surface area (TPSA) is 29.5 Å². The molecule has 0 N–H and O–H groups in total. The van der Waals surface area contributed by atoms with E-state index in [2.05, 4.69) is 28.1 Å². The average molecular weight is 374 g/mol. The van der Waals surface area contributed by atoms with Gasteiger partial charge in [-0.1, -0.05) is 40.2 Å². The molecule has 3 nitrogen and oxygen atoms in total. The smallest absolute Gasteiger partial charge is 0.260 e. The second kappa shape index (κ2) is 7.18. The van der Waals surface area contributed by atoms with Gasteiger partial charge in [-0.2, -0.15) is 0 Å². The zero-order valence-electron chi connectivity index (χ0n) is 13.2. The van der Waals surface area contributed by atoms with Gasteiger partial charge < -0.3 is 9.64 Å². The van der Waals surface area contributed by atoms with Crippen LogP contribution in [0, 0.1) is 0 Å². The number of carbonyl (C=O) groups excluding carboxylic acids is 1. The van der Waals surface area contributed by atoms with E-state index in [9.17, 15) is 4.79 Å². The van der Waals surface area contributed by atoms with Crippen LogP contribution in [0.2, 0.25) is 0 Å². The van der Waals surface area contributed by atoms with Gasteiger partial charge in [0.15, 0.2) is 6.61 Å². The predicted molar refractivity (Wildman–Crippen MR) is 94.6 cm³/mol. The van der Waals surface area contributed by atoms with Crippen LogP contribution in [-0.2, 0) is 24.2 Å². The highest BCUT2D eigenvalue weighted by Gasteiger charge is 2.14. The van der Waals surface area contributed by atoms with Crippen LogP contribution in [-0.4, -0.2) is 24.5 Å². The van der Waals surface area contributed by atoms with E-state index >= 15 is 0 Å². The molecule has 0 aliphatic heterocycles. The molecular formula is C19H20BrNO2. The third kappa shape index (κ3) is 3.94. The number of carbonyl (C=O) groups is 1. The van der Waals surface area contributed by atoms with Gasteiger partial charge in [-0.15, -0.1) is 0 Å². The first kappa shape index (κ1) is 16.1. The minimum atomic E-state index is -0.0266. The van der Waals surface area contributed by atoms with Gasteiger partial charge >= 0.3 is 0 Å². The predicted octanol–water partition coefficient (Wildman–Crippen LogP) is 3.98. The van der Waals surface area contributed by atoms with Crippen molar-refractivity contribution in [3.05, 3.63) is 63.6 Å². The van der Waals surface area contributed by atoms with Gasteiger partial charge in [-0.3, -0.25) is 4.79 Å². The summed E-state index contributed by atoms with van der Waals surface area (Å²) in [6.45, 7) is 0.632. The third-order valence-corrected chi connectivity index (χ3v) is 5.00. The standard InChI is InChI=1S/C19H20BrNO2/c1-21(12-16-5-2-3-8-18(16)20)19(22)13-23-17-10-9-14-6-4-7-15(14)11-17/h2-3,5,8-11H,4,6-7,12-13H2,1H3. The van der Waals surface area contributed by atoms with Gasteiger partial charge in [0.25, 0.3) is 5.91 Å². The Kier molecular flexibility index (Phi) is 5.01. The maximum Gasteiger partial charge on any atom is 0.260 e. The summed E-state index contributed by atoms with van der Waals surface area (Å²) >= 11 is 3.51. The Labute approximate surface area is 145 Å². The van der Waals surface area contributed by atoms with Crippen molar-refractivity contribution in [2.24, 2.45) is 0 Å². The van der Waals surface area contributed by atoms with Crippen molar-refractivity contribution < 1.29 is 9.53 Å². The van der Waals surface area contributed by atoms with E-state index in [-0.39, 0.29) is 12.5 Å². The van der Waals surface area contributed by atoms with Crippen LogP contribution in [0.3, 0.4) is 0 Å². The maximum absolute atomic E-state index is 12.3. The molecule has 23 heavy (non-hydrogen) atoms. The van der Waals surface area contributed by atoms with E-state index in [0.29, 0.717) is 6.54 Å². The van der Waals surface area contributed by atoms with Gasteiger partial charge in [0.05, 0.1) is 0 Å². The number of hydrogen-bond donors (Lipinski definition) is 0. The lowest BCUT2D eigenvalue weighted by Gasteiger charge is -2.18. The maximum atomic E-state index is 12.3. The Morgan fingerprint density at radius 3 is 2.78 bits per heavy atom. The SMILES string of the molecule is CN(Cc1ccccc1Br)C(=O)COc1ccc2c(c1)CCC2. The highest BCUT2D eigenvalue weighted by molar-refractivity contribution is 9.10. The number of aryl methyl sites for hydroxylation is 2. The molecule has 0 unspecified atom stereocenters. The van der Waals surface area contributed by atoms with Gasteiger partial charge in [0.1, 0.15) is 5.75 Å². The lowest BCUT2D eigenvalue weighted by atomic mass is 10.1. The van der Waals surface area contributed by atoms with E-state index in [1.54, 1.807) is 11.9 Å². The Morgan fingerprint density at radius 2 is 1.96 bits per heavy atom. The molecule has 1 amide bonds. The molecule has 0 saturated heterocycles. The molecule has 3 rings (SSSR count). The van der Waals surface area contributed by atoms with Crippen LogP contribution in [0.25, 0.3) is 0 Å². The fraction of sp³-hybridized carbons (Fsp3) is 0.316. The van der Waals surface area contributed by atoms with E-state index in [4.69, 9.17) is 4.74 Å². The first-order valence-electron chi connectivity index (χ1n) is 7.85. The summed E-state index contributed by atoms with van der Waals surface area (Å²) in [5.41, 5.74) is 3.85. The summed E-state index contributed by atoms with van der Waals surface area (Å²) in [4.78, 5) is 13.9. The number of rotatable bonds is 5. The van der Waals surface area contributed by atoms with Gasteiger partial charge in [-0.05, 0) is 54.2 Å². The summed E-state index contributed by atoms with van der Waals surface area (Å²) in [5, 5.41) is 0. The summed E-state index contributed by atoms with van der Waals surface area (Å²) in [5.74, 6) is 0.759. The zero-order chi connectivity index (χ0) is 16.2. The van der Waals surface area contributed by atoms with E-state index in [1.807, 2.05) is 30.3 Å². The molecule has 2 aromatic rings. The molecule has 1 aliphatic rings. The molecule has 0 aromatic heterocycles. The monoisotopic (exact) mass is 373 g/mol. The molecular weight excluding hydrogens is 354 g/mol. The Bertz CT molecular complexity index is 714. The number of amides is 1. The largest absolute Gasteiger partial charge is 0.484 e. The Morgan fingerprint density at radius 1 is 1.17 bits per heavy atom. The molecule has 0 saturated carbocycles. The van der Waals surface area contributed by atoms with Crippen molar-refractivity contribution in [3.8, 4) is 5.75 Å². The molecule has 120 valence electrons. The van der Waals surface area contributed by atoms with Crippen LogP contribution in [0.5, 0.6) is 5.75 Å². The highest BCUT2D eigenvalue weighted by atomic mass is 79.9. The van der Waals surface area contributed by atoms with Crippen molar-refractivity contribution in [1.82, 2.24) is 4.90 Å². The molecule has 0 spiro atoms. The minimum Gasteiger partial charge on any atom is -0.484 e. The van der Waals surface area contributed by atoms with Crippen LogP contribution in [0.4, 0.5) is 0 Å². The number of nitrogens with zero attached hydrogens (tertiary/aromatic N) is 1. The van der Waals surface area contributed by atoms with Crippen LogP contribution in [0.15, 0.2) is 46.9 Å². The Balaban J connectivity index is 1.55. The fourth-order valence-electron chi connectivity index (χ4n) is 2.86. The molecule has 0 fully saturated rings. The van der Waals surface area contributed by atoms with Crippen LogP contribution < -0.4 is 4.74 Å². The lowest BCUT2D eigenvalue weighted by molar-refractivity contribution is -0.132. The van der Waals surface area contributed by atoms with Crippen LogP contribution in [0.1, 0.15) is 23.1 Å². The molecule has 1 aliphatic carbocycles. The number of likely N-dealkylation sites (N-methyl/N-ethyl adjacent to an activating group) is 1. The fourth-order valence-corrected chi connectivity index (χ4v) is 3.27. The Hall–Kier alpha value is -1.81. The van der Waals surface area contributed by atoms with Crippen molar-refractivity contribution in [3.63, 3.8) is 0 Å². The van der Waals surface area contributed by atoms with Gasteiger partial charge in [0.2, 0.25) is 0 Å². The lowest BCUT2D eigenvalue weighted by Crippen LogP contribution is -2.31. The zero-order valence-corrected chi connectivity index (χ0v) is 14.8. The summed E-state index contributed by atoms with van der Waals surface area (Å²) in [6.07, 6.45) is 3.48. The van der Waals surface area contributed by atoms with Crippen molar-refractivity contribution in [1.29, 1.82) is 0 Å². The minimum absolute atomic E-state index is 0.0266. The first-order chi connectivity index (χ1) is 11.1. The van der Waals surface area contributed by atoms with E-state index in [1.165, 1.54) is 17.5 Å². The normalized spacial score (nSPS) is 12.8. The van der Waals surface area contributed by atoms with Crippen molar-refractivity contribution in [2.75, 3.05) is 13.7 Å². The number of ether oxygens (including phenoxy) is 1. The first-order valence-corrected chi connectivity index (χ1v) is 8.65. The second-order valence-corrected chi connectivity index (χ2v) is 6.77. The summed E-state index contributed by atoms with van der Waals surface area (Å²) < 4.78 is 6.69. The van der Waals surface area contributed by atoms with Crippen LogP contribution >= 0.6 is 15.9 Å². The average Bonchev–Trinajstić information content (AvgIpc) is 3.02. The highest BCUT2D eigenvalue weighted by Crippen LogP contribution is 2.26. The van der Waals surface area contributed by atoms with Gasteiger partial charge in [0, 0.05) is 18.1 Å². The number of halogens is 1. The molecule has 0 radical (unpaired) electrons. The molecule has 0 atom stereocenters. The van der Waals surface area contributed by atoms with Crippen molar-refractivity contribution >= 4 is 21.8 Å².